The van der Waals surface area contributed by atoms with Crippen LogP contribution < -0.4 is 14.8 Å². The zero-order valence-electron chi connectivity index (χ0n) is 15.4. The van der Waals surface area contributed by atoms with E-state index in [0.29, 0.717) is 28.6 Å². The van der Waals surface area contributed by atoms with Crippen molar-refractivity contribution >= 4 is 17.7 Å². The number of carbonyl (C=O) groups is 2. The van der Waals surface area contributed by atoms with E-state index in [4.69, 9.17) is 14.2 Å². The Hall–Kier alpha value is -3.87. The van der Waals surface area contributed by atoms with Crippen LogP contribution in [0, 0.1) is 0 Å². The minimum absolute atomic E-state index is 0.248. The van der Waals surface area contributed by atoms with Gasteiger partial charge in [0, 0.05) is 12.6 Å². The summed E-state index contributed by atoms with van der Waals surface area (Å²) in [5.41, 5.74) is 0.312. The number of nitrogens with zero attached hydrogens (tertiary/aromatic N) is 1. The smallest absolute Gasteiger partial charge is 0.413 e. The second-order valence-electron chi connectivity index (χ2n) is 6.31. The molecule has 0 spiro atoms. The molecule has 0 saturated carbocycles. The molecule has 0 bridgehead atoms. The molecule has 146 valence electrons. The number of amides is 1. The van der Waals surface area contributed by atoms with E-state index in [1.165, 1.54) is 0 Å². The van der Waals surface area contributed by atoms with Crippen LogP contribution in [0.5, 0.6) is 17.2 Å². The molecular weight excluding hydrogens is 372 g/mol. The van der Waals surface area contributed by atoms with Crippen molar-refractivity contribution in [3.63, 3.8) is 0 Å². The second kappa shape index (κ2) is 8.43. The molecular formula is C22H18N2O5. The molecule has 1 aromatic heterocycles. The van der Waals surface area contributed by atoms with Gasteiger partial charge >= 0.3 is 6.09 Å². The fourth-order valence-electron chi connectivity index (χ4n) is 2.91. The summed E-state index contributed by atoms with van der Waals surface area (Å²) in [7, 11) is 0. The Bertz CT molecular complexity index is 1010. The molecule has 2 aromatic carbocycles. The van der Waals surface area contributed by atoms with Crippen LogP contribution in [0.4, 0.5) is 10.6 Å². The molecule has 0 fully saturated rings. The summed E-state index contributed by atoms with van der Waals surface area (Å²) >= 11 is 0. The van der Waals surface area contributed by atoms with E-state index in [1.807, 2.05) is 30.3 Å². The van der Waals surface area contributed by atoms with E-state index in [-0.39, 0.29) is 18.8 Å². The molecule has 7 heteroatoms. The molecule has 1 N–H and O–H groups in total. The molecule has 1 atom stereocenters. The van der Waals surface area contributed by atoms with Crippen LogP contribution in [-0.2, 0) is 4.74 Å². The van der Waals surface area contributed by atoms with Gasteiger partial charge in [-0.1, -0.05) is 24.3 Å². The van der Waals surface area contributed by atoms with Gasteiger partial charge in [0.2, 0.25) is 5.78 Å². The Morgan fingerprint density at radius 1 is 1.03 bits per heavy atom. The Balaban J connectivity index is 1.49. The standard InChI is InChI=1S/C22H18N2O5/c25-21-17-14-16(28-15-6-2-1-3-7-15)9-10-18(17)27-13-11-19(21)29-22(26)24-20-8-4-5-12-23-20/h1-10,12,14,19H,11,13H2,(H,23,24,26). The number of ether oxygens (including phenoxy) is 3. The lowest BCUT2D eigenvalue weighted by molar-refractivity contribution is 0.0637. The quantitative estimate of drug-likeness (QED) is 0.708. The third-order valence-corrected chi connectivity index (χ3v) is 4.27. The molecule has 1 unspecified atom stereocenters. The first-order valence-electron chi connectivity index (χ1n) is 9.12. The molecule has 0 saturated heterocycles. The van der Waals surface area contributed by atoms with Gasteiger partial charge in [-0.05, 0) is 42.5 Å². The number of benzene rings is 2. The fourth-order valence-corrected chi connectivity index (χ4v) is 2.91. The van der Waals surface area contributed by atoms with Crippen molar-refractivity contribution in [2.75, 3.05) is 11.9 Å². The first kappa shape index (κ1) is 18.5. The summed E-state index contributed by atoms with van der Waals surface area (Å²) in [4.78, 5) is 29.1. The lowest BCUT2D eigenvalue weighted by atomic mass is 10.0. The predicted octanol–water partition coefficient (Wildman–Crippen LogP) is 4.46. The normalized spacial score (nSPS) is 15.4. The van der Waals surface area contributed by atoms with Crippen LogP contribution in [0.3, 0.4) is 0 Å². The number of hydrogen-bond acceptors (Lipinski definition) is 6. The van der Waals surface area contributed by atoms with Gasteiger partial charge in [0.15, 0.2) is 6.10 Å². The Morgan fingerprint density at radius 2 is 1.86 bits per heavy atom. The number of aromatic nitrogens is 1. The fraction of sp³-hybridized carbons (Fsp3) is 0.136. The van der Waals surface area contributed by atoms with Crippen molar-refractivity contribution < 1.29 is 23.8 Å². The lowest BCUT2D eigenvalue weighted by Crippen LogP contribution is -2.29. The molecule has 0 aliphatic carbocycles. The molecule has 3 aromatic rings. The number of Topliss-reactive ketones (excluding diaryl/α,β-unsaturated/α-hetero) is 1. The monoisotopic (exact) mass is 390 g/mol. The Morgan fingerprint density at radius 3 is 2.66 bits per heavy atom. The minimum atomic E-state index is -0.966. The summed E-state index contributed by atoms with van der Waals surface area (Å²) < 4.78 is 16.8. The highest BCUT2D eigenvalue weighted by Crippen LogP contribution is 2.31. The number of nitrogens with one attached hydrogen (secondary N) is 1. The third kappa shape index (κ3) is 4.52. The molecule has 2 heterocycles. The van der Waals surface area contributed by atoms with Crippen LogP contribution in [0.15, 0.2) is 72.9 Å². The van der Waals surface area contributed by atoms with E-state index < -0.39 is 12.2 Å². The number of hydrogen-bond donors (Lipinski definition) is 1. The average molecular weight is 390 g/mol. The van der Waals surface area contributed by atoms with Crippen LogP contribution in [0.1, 0.15) is 16.8 Å². The number of rotatable bonds is 4. The van der Waals surface area contributed by atoms with Gasteiger partial charge in [0.25, 0.3) is 0 Å². The minimum Gasteiger partial charge on any atom is -0.493 e. The summed E-state index contributed by atoms with van der Waals surface area (Å²) in [5.74, 6) is 1.58. The number of carbonyl (C=O) groups excluding carboxylic acids is 2. The van der Waals surface area contributed by atoms with Crippen molar-refractivity contribution in [3.05, 3.63) is 78.5 Å². The van der Waals surface area contributed by atoms with Gasteiger partial charge in [0.1, 0.15) is 23.1 Å². The van der Waals surface area contributed by atoms with Crippen LogP contribution >= 0.6 is 0 Å². The number of fused-ring (bicyclic) bond motifs is 1. The molecule has 7 nitrogen and oxygen atoms in total. The molecule has 4 rings (SSSR count). The van der Waals surface area contributed by atoms with E-state index in [0.717, 1.165) is 0 Å². The topological polar surface area (TPSA) is 86.8 Å². The number of para-hydroxylation sites is 1. The highest BCUT2D eigenvalue weighted by Gasteiger charge is 2.30. The maximum absolute atomic E-state index is 13.0. The molecule has 0 radical (unpaired) electrons. The summed E-state index contributed by atoms with van der Waals surface area (Å²) in [6.07, 6.45) is 0.0807. The van der Waals surface area contributed by atoms with Gasteiger partial charge in [-0.3, -0.25) is 10.1 Å². The van der Waals surface area contributed by atoms with E-state index in [9.17, 15) is 9.59 Å². The average Bonchev–Trinajstić information content (AvgIpc) is 2.89. The highest BCUT2D eigenvalue weighted by atomic mass is 16.6. The van der Waals surface area contributed by atoms with Crippen molar-refractivity contribution in [1.82, 2.24) is 4.98 Å². The molecule has 29 heavy (non-hydrogen) atoms. The van der Waals surface area contributed by atoms with Gasteiger partial charge in [-0.15, -0.1) is 0 Å². The van der Waals surface area contributed by atoms with Crippen molar-refractivity contribution in [2.45, 2.75) is 12.5 Å². The Labute approximate surface area is 167 Å². The zero-order chi connectivity index (χ0) is 20.1. The third-order valence-electron chi connectivity index (χ3n) is 4.27. The van der Waals surface area contributed by atoms with Gasteiger partial charge in [-0.2, -0.15) is 0 Å². The summed E-state index contributed by atoms with van der Waals surface area (Å²) in [6.45, 7) is 0.249. The maximum atomic E-state index is 13.0. The number of ketones is 1. The summed E-state index contributed by atoms with van der Waals surface area (Å²) in [5, 5.41) is 2.51. The largest absolute Gasteiger partial charge is 0.493 e. The van der Waals surface area contributed by atoms with Crippen LogP contribution in [0.2, 0.25) is 0 Å². The number of pyridine rings is 1. The maximum Gasteiger partial charge on any atom is 0.413 e. The SMILES string of the molecule is O=C(Nc1ccccn1)OC1CCOc2ccc(Oc3ccccc3)cc2C1=O. The molecule has 1 amide bonds. The highest BCUT2D eigenvalue weighted by molar-refractivity contribution is 6.03. The van der Waals surface area contributed by atoms with Crippen LogP contribution in [-0.4, -0.2) is 29.6 Å². The number of anilines is 1. The van der Waals surface area contributed by atoms with E-state index in [1.54, 1.807) is 42.6 Å². The van der Waals surface area contributed by atoms with Gasteiger partial charge < -0.3 is 14.2 Å². The van der Waals surface area contributed by atoms with Gasteiger partial charge in [-0.25, -0.2) is 9.78 Å². The second-order valence-corrected chi connectivity index (χ2v) is 6.31. The molecule has 1 aliphatic rings. The van der Waals surface area contributed by atoms with Crippen LogP contribution in [0.25, 0.3) is 0 Å². The van der Waals surface area contributed by atoms with Gasteiger partial charge in [0.05, 0.1) is 12.2 Å². The van der Waals surface area contributed by atoms with E-state index >= 15 is 0 Å². The first-order valence-corrected chi connectivity index (χ1v) is 9.12. The van der Waals surface area contributed by atoms with Crippen molar-refractivity contribution in [3.8, 4) is 17.2 Å². The lowest BCUT2D eigenvalue weighted by Gasteiger charge is -2.15. The zero-order valence-corrected chi connectivity index (χ0v) is 15.4. The molecule has 1 aliphatic heterocycles. The van der Waals surface area contributed by atoms with Crippen molar-refractivity contribution in [2.24, 2.45) is 0 Å². The predicted molar refractivity (Wildman–Crippen MR) is 106 cm³/mol. The Kier molecular flexibility index (Phi) is 5.38. The van der Waals surface area contributed by atoms with E-state index in [2.05, 4.69) is 10.3 Å². The first-order chi connectivity index (χ1) is 14.2. The summed E-state index contributed by atoms with van der Waals surface area (Å²) in [6, 6.07) is 19.3. The van der Waals surface area contributed by atoms with Crippen molar-refractivity contribution in [1.29, 1.82) is 0 Å².